The molecule has 0 bridgehead atoms. The maximum atomic E-state index is 5.98. The predicted molar refractivity (Wildman–Crippen MR) is 74.9 cm³/mol. The summed E-state index contributed by atoms with van der Waals surface area (Å²) in [6.07, 6.45) is 0. The van der Waals surface area contributed by atoms with Gasteiger partial charge in [-0.1, -0.05) is 36.0 Å². The van der Waals surface area contributed by atoms with Crippen molar-refractivity contribution in [1.29, 1.82) is 0 Å². The lowest BCUT2D eigenvalue weighted by molar-refractivity contribution is 1.06. The van der Waals surface area contributed by atoms with Gasteiger partial charge >= 0.3 is 0 Å². The summed E-state index contributed by atoms with van der Waals surface area (Å²) >= 11 is 13.2. The van der Waals surface area contributed by atoms with Crippen LogP contribution in [0.5, 0.6) is 0 Å². The lowest BCUT2D eigenvalue weighted by Gasteiger charge is -2.05. The SMILES string of the molecule is S=c1nc(-c2cccc(Cl)c2)[nH]c2c1CSC2. The average Bonchev–Trinajstić information content (AvgIpc) is 2.77. The third kappa shape index (κ3) is 2.12. The minimum Gasteiger partial charge on any atom is -0.342 e. The van der Waals surface area contributed by atoms with Gasteiger partial charge in [-0.2, -0.15) is 11.8 Å². The van der Waals surface area contributed by atoms with Crippen LogP contribution in [-0.4, -0.2) is 9.97 Å². The highest BCUT2D eigenvalue weighted by atomic mass is 35.5. The predicted octanol–water partition coefficient (Wildman–Crippen LogP) is 4.21. The molecule has 1 aromatic carbocycles. The molecule has 0 unspecified atom stereocenters. The molecule has 17 heavy (non-hydrogen) atoms. The number of halogens is 1. The van der Waals surface area contributed by atoms with E-state index in [2.05, 4.69) is 9.97 Å². The Kier molecular flexibility index (Phi) is 2.94. The van der Waals surface area contributed by atoms with E-state index in [0.717, 1.165) is 22.9 Å². The van der Waals surface area contributed by atoms with Gasteiger partial charge in [-0.05, 0) is 12.1 Å². The van der Waals surface area contributed by atoms with E-state index >= 15 is 0 Å². The van der Waals surface area contributed by atoms with Gasteiger partial charge in [0.2, 0.25) is 0 Å². The van der Waals surface area contributed by atoms with Gasteiger partial charge in [0.15, 0.2) is 0 Å². The zero-order valence-corrected chi connectivity index (χ0v) is 11.3. The quantitative estimate of drug-likeness (QED) is 0.794. The molecule has 0 saturated heterocycles. The first-order chi connectivity index (χ1) is 8.24. The van der Waals surface area contributed by atoms with Crippen molar-refractivity contribution >= 4 is 35.6 Å². The average molecular weight is 281 g/mol. The molecule has 0 atom stereocenters. The van der Waals surface area contributed by atoms with Gasteiger partial charge in [0.25, 0.3) is 0 Å². The van der Waals surface area contributed by atoms with Crippen molar-refractivity contribution in [2.45, 2.75) is 11.5 Å². The minimum atomic E-state index is 0.707. The molecule has 5 heteroatoms. The molecule has 1 aliphatic heterocycles. The summed E-state index contributed by atoms with van der Waals surface area (Å²) in [6.45, 7) is 0. The fraction of sp³-hybridized carbons (Fsp3) is 0.167. The van der Waals surface area contributed by atoms with E-state index in [1.54, 1.807) is 0 Å². The van der Waals surface area contributed by atoms with E-state index in [0.29, 0.717) is 9.66 Å². The largest absolute Gasteiger partial charge is 0.342 e. The van der Waals surface area contributed by atoms with Crippen LogP contribution in [0.25, 0.3) is 11.4 Å². The van der Waals surface area contributed by atoms with E-state index in [1.165, 1.54) is 11.3 Å². The fourth-order valence-electron chi connectivity index (χ4n) is 1.84. The molecule has 3 rings (SSSR count). The number of thioether (sulfide) groups is 1. The number of benzene rings is 1. The summed E-state index contributed by atoms with van der Waals surface area (Å²) in [5.74, 6) is 2.75. The summed E-state index contributed by atoms with van der Waals surface area (Å²) in [4.78, 5) is 7.80. The molecule has 1 N–H and O–H groups in total. The van der Waals surface area contributed by atoms with Gasteiger partial charge < -0.3 is 4.98 Å². The third-order valence-electron chi connectivity index (χ3n) is 2.70. The normalized spacial score (nSPS) is 13.7. The van der Waals surface area contributed by atoms with Gasteiger partial charge in [-0.3, -0.25) is 0 Å². The van der Waals surface area contributed by atoms with Gasteiger partial charge in [0.1, 0.15) is 10.5 Å². The number of rotatable bonds is 1. The monoisotopic (exact) mass is 280 g/mol. The van der Waals surface area contributed by atoms with Crippen molar-refractivity contribution in [2.75, 3.05) is 0 Å². The fourth-order valence-corrected chi connectivity index (χ4v) is 3.48. The molecule has 0 radical (unpaired) electrons. The Labute approximate surface area is 113 Å². The van der Waals surface area contributed by atoms with Crippen LogP contribution in [0.1, 0.15) is 11.3 Å². The Hall–Kier alpha value is -0.840. The second-order valence-corrected chi connectivity index (χ2v) is 5.66. The number of aromatic nitrogens is 2. The first-order valence-corrected chi connectivity index (χ1v) is 7.14. The van der Waals surface area contributed by atoms with Crippen LogP contribution in [-0.2, 0) is 11.5 Å². The zero-order valence-electron chi connectivity index (χ0n) is 8.87. The molecule has 1 aliphatic rings. The second-order valence-electron chi connectivity index (χ2n) is 3.85. The molecule has 0 spiro atoms. The Morgan fingerprint density at radius 2 is 2.24 bits per heavy atom. The maximum Gasteiger partial charge on any atom is 0.139 e. The minimum absolute atomic E-state index is 0.707. The van der Waals surface area contributed by atoms with Crippen LogP contribution >= 0.6 is 35.6 Å². The second kappa shape index (κ2) is 4.44. The number of hydrogen-bond donors (Lipinski definition) is 1. The number of nitrogens with one attached hydrogen (secondary N) is 1. The third-order valence-corrected chi connectivity index (χ3v) is 4.25. The van der Waals surface area contributed by atoms with Crippen LogP contribution in [0, 0.1) is 4.64 Å². The lowest BCUT2D eigenvalue weighted by atomic mass is 10.2. The maximum absolute atomic E-state index is 5.98. The molecule has 1 aromatic heterocycles. The van der Waals surface area contributed by atoms with E-state index < -0.39 is 0 Å². The topological polar surface area (TPSA) is 28.7 Å². The van der Waals surface area contributed by atoms with Crippen LogP contribution < -0.4 is 0 Å². The molecular weight excluding hydrogens is 272 g/mol. The Morgan fingerprint density at radius 3 is 3.06 bits per heavy atom. The van der Waals surface area contributed by atoms with Crippen LogP contribution in [0.4, 0.5) is 0 Å². The smallest absolute Gasteiger partial charge is 0.139 e. The first kappa shape index (κ1) is 11.3. The number of nitrogens with zero attached hydrogens (tertiary/aromatic N) is 1. The molecule has 0 fully saturated rings. The van der Waals surface area contributed by atoms with E-state index in [-0.39, 0.29) is 0 Å². The van der Waals surface area contributed by atoms with Gasteiger partial charge in [0, 0.05) is 33.3 Å². The summed E-state index contributed by atoms with van der Waals surface area (Å²) in [7, 11) is 0. The Bertz CT molecular complexity index is 637. The highest BCUT2D eigenvalue weighted by molar-refractivity contribution is 7.98. The highest BCUT2D eigenvalue weighted by Gasteiger charge is 2.15. The van der Waals surface area contributed by atoms with Crippen LogP contribution in [0.15, 0.2) is 24.3 Å². The van der Waals surface area contributed by atoms with Gasteiger partial charge in [-0.25, -0.2) is 4.98 Å². The molecule has 2 nitrogen and oxygen atoms in total. The molecule has 0 amide bonds. The Morgan fingerprint density at radius 1 is 1.35 bits per heavy atom. The van der Waals surface area contributed by atoms with Crippen molar-refractivity contribution in [2.24, 2.45) is 0 Å². The van der Waals surface area contributed by atoms with Gasteiger partial charge in [-0.15, -0.1) is 0 Å². The van der Waals surface area contributed by atoms with Crippen molar-refractivity contribution in [3.63, 3.8) is 0 Å². The van der Waals surface area contributed by atoms with Crippen molar-refractivity contribution < 1.29 is 0 Å². The highest BCUT2D eigenvalue weighted by Crippen LogP contribution is 2.30. The summed E-state index contributed by atoms with van der Waals surface area (Å²) < 4.78 is 0.707. The molecule has 0 aliphatic carbocycles. The molecule has 2 heterocycles. The van der Waals surface area contributed by atoms with E-state index in [4.69, 9.17) is 23.8 Å². The van der Waals surface area contributed by atoms with Crippen molar-refractivity contribution in [1.82, 2.24) is 9.97 Å². The molecule has 86 valence electrons. The summed E-state index contributed by atoms with van der Waals surface area (Å²) in [6, 6.07) is 7.64. The first-order valence-electron chi connectivity index (χ1n) is 5.20. The van der Waals surface area contributed by atoms with Crippen molar-refractivity contribution in [3.8, 4) is 11.4 Å². The zero-order chi connectivity index (χ0) is 11.8. The summed E-state index contributed by atoms with van der Waals surface area (Å²) in [5.41, 5.74) is 3.35. The molecular formula is C12H9ClN2S2. The molecule has 0 saturated carbocycles. The number of H-pyrrole nitrogens is 1. The molecule has 2 aromatic rings. The van der Waals surface area contributed by atoms with E-state index in [9.17, 15) is 0 Å². The lowest BCUT2D eigenvalue weighted by Crippen LogP contribution is -1.97. The standard InChI is InChI=1S/C12H9ClN2S2/c13-8-3-1-2-7(4-8)11-14-10-6-17-5-9(10)12(16)15-11/h1-4H,5-6H2,(H,14,15,16). The van der Waals surface area contributed by atoms with Crippen LogP contribution in [0.3, 0.4) is 0 Å². The van der Waals surface area contributed by atoms with E-state index in [1.807, 2.05) is 36.0 Å². The number of fused-ring (bicyclic) bond motifs is 1. The Balaban J connectivity index is 2.16. The van der Waals surface area contributed by atoms with Gasteiger partial charge in [0.05, 0.1) is 0 Å². The number of aromatic amines is 1. The van der Waals surface area contributed by atoms with Crippen LogP contribution in [0.2, 0.25) is 5.02 Å². The summed E-state index contributed by atoms with van der Waals surface area (Å²) in [5, 5.41) is 0.707. The van der Waals surface area contributed by atoms with Crippen molar-refractivity contribution in [3.05, 3.63) is 45.2 Å². The number of hydrogen-bond acceptors (Lipinski definition) is 3.